The summed E-state index contributed by atoms with van der Waals surface area (Å²) < 4.78 is 7.35. The zero-order valence-electron chi connectivity index (χ0n) is 13.4. The highest BCUT2D eigenvalue weighted by Gasteiger charge is 2.10. The Bertz CT molecular complexity index is 765. The summed E-state index contributed by atoms with van der Waals surface area (Å²) >= 11 is 0. The van der Waals surface area contributed by atoms with Gasteiger partial charge in [-0.25, -0.2) is 4.68 Å². The van der Waals surface area contributed by atoms with Crippen LogP contribution in [0.2, 0.25) is 0 Å². The van der Waals surface area contributed by atoms with Crippen molar-refractivity contribution in [3.05, 3.63) is 54.1 Å². The average Bonchev–Trinajstić information content (AvgIpc) is 2.96. The molecule has 23 heavy (non-hydrogen) atoms. The highest BCUT2D eigenvalue weighted by molar-refractivity contribution is 5.73. The van der Waals surface area contributed by atoms with Crippen molar-refractivity contribution < 1.29 is 9.84 Å². The van der Waals surface area contributed by atoms with E-state index in [1.807, 2.05) is 36.4 Å². The van der Waals surface area contributed by atoms with E-state index in [2.05, 4.69) is 36.3 Å². The van der Waals surface area contributed by atoms with Gasteiger partial charge in [-0.1, -0.05) is 43.3 Å². The number of aromatic nitrogens is 3. The summed E-state index contributed by atoms with van der Waals surface area (Å²) in [5.41, 5.74) is 3.00. The van der Waals surface area contributed by atoms with E-state index in [4.69, 9.17) is 4.74 Å². The number of hydrogen-bond acceptors (Lipinski definition) is 4. The number of nitrogens with zero attached hydrogens (tertiary/aromatic N) is 3. The number of aliphatic hydroxyl groups excluding tert-OH is 1. The fraction of sp³-hybridized carbons (Fsp3) is 0.333. The number of para-hydroxylation sites is 1. The molecule has 120 valence electrons. The zero-order chi connectivity index (χ0) is 16.2. The van der Waals surface area contributed by atoms with Crippen molar-refractivity contribution in [2.24, 2.45) is 0 Å². The molecular weight excluding hydrogens is 290 g/mol. The largest absolute Gasteiger partial charge is 0.491 e. The standard InChI is InChI=1S/C18H21N3O2/c1-13(2)14-7-9-16(10-8-14)23-12-15(22)11-21-18-6-4-3-5-17(18)19-20-21/h3-10,13,15,22H,11-12H2,1-2H3/t15-/m0/s1. The molecule has 0 aliphatic rings. The first-order chi connectivity index (χ1) is 11.1. The summed E-state index contributed by atoms with van der Waals surface area (Å²) in [6.45, 7) is 4.88. The van der Waals surface area contributed by atoms with Crippen LogP contribution in [0.5, 0.6) is 5.75 Å². The quantitative estimate of drug-likeness (QED) is 0.760. The van der Waals surface area contributed by atoms with Gasteiger partial charge in [-0.3, -0.25) is 0 Å². The van der Waals surface area contributed by atoms with E-state index < -0.39 is 6.10 Å². The van der Waals surface area contributed by atoms with Gasteiger partial charge in [0, 0.05) is 0 Å². The van der Waals surface area contributed by atoms with Gasteiger partial charge in [-0.15, -0.1) is 5.10 Å². The zero-order valence-corrected chi connectivity index (χ0v) is 13.4. The van der Waals surface area contributed by atoms with Crippen LogP contribution in [0.4, 0.5) is 0 Å². The Hall–Kier alpha value is -2.40. The molecule has 0 aliphatic carbocycles. The molecule has 0 unspecified atom stereocenters. The van der Waals surface area contributed by atoms with E-state index in [9.17, 15) is 5.11 Å². The SMILES string of the molecule is CC(C)c1ccc(OC[C@@H](O)Cn2nnc3ccccc32)cc1. The molecule has 0 radical (unpaired) electrons. The maximum atomic E-state index is 10.2. The van der Waals surface area contributed by atoms with E-state index in [1.165, 1.54) is 5.56 Å². The molecule has 0 amide bonds. The van der Waals surface area contributed by atoms with Crippen LogP contribution in [0.1, 0.15) is 25.3 Å². The first kappa shape index (κ1) is 15.5. The molecular formula is C18H21N3O2. The fourth-order valence-corrected chi connectivity index (χ4v) is 2.45. The number of ether oxygens (including phenoxy) is 1. The van der Waals surface area contributed by atoms with Crippen molar-refractivity contribution in [1.82, 2.24) is 15.0 Å². The lowest BCUT2D eigenvalue weighted by atomic mass is 10.0. The van der Waals surface area contributed by atoms with Crippen LogP contribution in [0.15, 0.2) is 48.5 Å². The lowest BCUT2D eigenvalue weighted by Gasteiger charge is -2.13. The van der Waals surface area contributed by atoms with E-state index >= 15 is 0 Å². The number of fused-ring (bicyclic) bond motifs is 1. The van der Waals surface area contributed by atoms with Crippen LogP contribution in [-0.2, 0) is 6.54 Å². The minimum absolute atomic E-state index is 0.217. The summed E-state index contributed by atoms with van der Waals surface area (Å²) in [5.74, 6) is 1.26. The van der Waals surface area contributed by atoms with E-state index in [0.717, 1.165) is 16.8 Å². The van der Waals surface area contributed by atoms with Gasteiger partial charge in [0.2, 0.25) is 0 Å². The van der Waals surface area contributed by atoms with Crippen LogP contribution < -0.4 is 4.74 Å². The number of rotatable bonds is 6. The Morgan fingerprint density at radius 3 is 2.57 bits per heavy atom. The molecule has 5 nitrogen and oxygen atoms in total. The van der Waals surface area contributed by atoms with Gasteiger partial charge >= 0.3 is 0 Å². The topological polar surface area (TPSA) is 60.2 Å². The van der Waals surface area contributed by atoms with Crippen molar-refractivity contribution in [2.45, 2.75) is 32.4 Å². The predicted molar refractivity (Wildman–Crippen MR) is 89.6 cm³/mol. The molecule has 1 aromatic heterocycles. The van der Waals surface area contributed by atoms with Crippen LogP contribution in [0, 0.1) is 0 Å². The van der Waals surface area contributed by atoms with Gasteiger partial charge in [0.1, 0.15) is 24.0 Å². The van der Waals surface area contributed by atoms with Crippen molar-refractivity contribution in [2.75, 3.05) is 6.61 Å². The van der Waals surface area contributed by atoms with Crippen molar-refractivity contribution in [3.8, 4) is 5.75 Å². The monoisotopic (exact) mass is 311 g/mol. The molecule has 0 bridgehead atoms. The Morgan fingerprint density at radius 1 is 1.09 bits per heavy atom. The second-order valence-electron chi connectivity index (χ2n) is 5.95. The predicted octanol–water partition coefficient (Wildman–Crippen LogP) is 2.99. The minimum Gasteiger partial charge on any atom is -0.491 e. The first-order valence-corrected chi connectivity index (χ1v) is 7.82. The Kier molecular flexibility index (Phi) is 4.57. The normalized spacial score (nSPS) is 12.7. The van der Waals surface area contributed by atoms with Crippen LogP contribution in [0.3, 0.4) is 0 Å². The van der Waals surface area contributed by atoms with Crippen LogP contribution in [0.25, 0.3) is 11.0 Å². The number of aliphatic hydroxyl groups is 1. The Balaban J connectivity index is 1.58. The summed E-state index contributed by atoms with van der Waals surface area (Å²) in [6, 6.07) is 15.7. The summed E-state index contributed by atoms with van der Waals surface area (Å²) in [7, 11) is 0. The molecule has 0 saturated carbocycles. The van der Waals surface area contributed by atoms with Crippen molar-refractivity contribution in [1.29, 1.82) is 0 Å². The molecule has 0 spiro atoms. The molecule has 0 saturated heterocycles. The minimum atomic E-state index is -0.648. The van der Waals surface area contributed by atoms with E-state index in [1.54, 1.807) is 4.68 Å². The lowest BCUT2D eigenvalue weighted by molar-refractivity contribution is 0.0899. The number of hydrogen-bond donors (Lipinski definition) is 1. The first-order valence-electron chi connectivity index (χ1n) is 7.82. The fourth-order valence-electron chi connectivity index (χ4n) is 2.45. The molecule has 2 aromatic carbocycles. The van der Waals surface area contributed by atoms with Gasteiger partial charge in [-0.05, 0) is 35.7 Å². The van der Waals surface area contributed by atoms with Gasteiger partial charge in [0.05, 0.1) is 12.1 Å². The molecule has 1 heterocycles. The van der Waals surface area contributed by atoms with E-state index in [-0.39, 0.29) is 6.61 Å². The van der Waals surface area contributed by atoms with Gasteiger partial charge in [-0.2, -0.15) is 0 Å². The summed E-state index contributed by atoms with van der Waals surface area (Å²) in [5, 5.41) is 18.3. The number of benzene rings is 2. The smallest absolute Gasteiger partial charge is 0.119 e. The second-order valence-corrected chi connectivity index (χ2v) is 5.95. The molecule has 5 heteroatoms. The van der Waals surface area contributed by atoms with Crippen molar-refractivity contribution in [3.63, 3.8) is 0 Å². The third-order valence-electron chi connectivity index (χ3n) is 3.79. The molecule has 1 N–H and O–H groups in total. The van der Waals surface area contributed by atoms with E-state index in [0.29, 0.717) is 12.5 Å². The Morgan fingerprint density at radius 2 is 1.83 bits per heavy atom. The summed E-state index contributed by atoms with van der Waals surface area (Å²) in [4.78, 5) is 0. The second kappa shape index (κ2) is 6.79. The van der Waals surface area contributed by atoms with Gasteiger partial charge in [0.25, 0.3) is 0 Å². The molecule has 3 rings (SSSR count). The maximum absolute atomic E-state index is 10.2. The Labute approximate surface area is 135 Å². The molecule has 3 aromatic rings. The van der Waals surface area contributed by atoms with Gasteiger partial charge in [0.15, 0.2) is 0 Å². The van der Waals surface area contributed by atoms with Crippen molar-refractivity contribution >= 4 is 11.0 Å². The lowest BCUT2D eigenvalue weighted by Crippen LogP contribution is -2.24. The molecule has 1 atom stereocenters. The average molecular weight is 311 g/mol. The van der Waals surface area contributed by atoms with Gasteiger partial charge < -0.3 is 9.84 Å². The molecule has 0 fully saturated rings. The third-order valence-corrected chi connectivity index (χ3v) is 3.79. The highest BCUT2D eigenvalue weighted by atomic mass is 16.5. The maximum Gasteiger partial charge on any atom is 0.119 e. The van der Waals surface area contributed by atoms with Crippen LogP contribution in [-0.4, -0.2) is 32.8 Å². The highest BCUT2D eigenvalue weighted by Crippen LogP contribution is 2.19. The molecule has 0 aliphatic heterocycles. The summed E-state index contributed by atoms with van der Waals surface area (Å²) in [6.07, 6.45) is -0.648. The van der Waals surface area contributed by atoms with Crippen LogP contribution >= 0.6 is 0 Å². The third kappa shape index (κ3) is 3.68.